The number of ether oxygens (including phenoxy) is 10. The Morgan fingerprint density at radius 3 is 2.36 bits per heavy atom. The zero-order valence-corrected chi connectivity index (χ0v) is 41.9. The van der Waals surface area contributed by atoms with Crippen molar-refractivity contribution in [3.8, 4) is 0 Å². The number of likely N-dealkylation sites (N-methyl/N-ethyl adjacent to an activating group) is 1. The van der Waals surface area contributed by atoms with Crippen molar-refractivity contribution < 1.29 is 62.4 Å². The summed E-state index contributed by atoms with van der Waals surface area (Å²) in [6, 6.07) is 0.117. The van der Waals surface area contributed by atoms with Crippen LogP contribution in [-0.2, 0) is 52.2 Å². The highest BCUT2D eigenvalue weighted by Gasteiger charge is 2.60. The molecule has 20 atom stereocenters. The van der Waals surface area contributed by atoms with Gasteiger partial charge in [0.2, 0.25) is 0 Å². The number of allylic oxidation sites excluding steroid dienone is 2. The van der Waals surface area contributed by atoms with E-state index in [1.807, 2.05) is 19.1 Å². The van der Waals surface area contributed by atoms with E-state index in [-0.39, 0.29) is 55.2 Å². The van der Waals surface area contributed by atoms with Crippen LogP contribution < -0.4 is 0 Å². The Balaban J connectivity index is 1.15. The van der Waals surface area contributed by atoms with Gasteiger partial charge in [-0.1, -0.05) is 71.4 Å². The van der Waals surface area contributed by atoms with Gasteiger partial charge in [-0.25, -0.2) is 0 Å². The van der Waals surface area contributed by atoms with Crippen LogP contribution in [0.2, 0.25) is 0 Å². The Hall–Kier alpha value is -2.05. The summed E-state index contributed by atoms with van der Waals surface area (Å²) in [7, 11) is 5.58. The molecule has 7 aliphatic rings. The number of nitrogens with zero attached hydrogens (tertiary/aromatic N) is 1. The van der Waals surface area contributed by atoms with E-state index in [0.29, 0.717) is 61.5 Å². The largest absolute Gasteiger partial charge is 0.462 e. The molecule has 6 heterocycles. The number of esters is 1. The molecule has 14 nitrogen and oxygen atoms in total. The lowest BCUT2D eigenvalue weighted by Crippen LogP contribution is -2.58. The number of fused-ring (bicyclic) bond motifs is 2. The second-order valence-electron chi connectivity index (χ2n) is 20.8. The summed E-state index contributed by atoms with van der Waals surface area (Å²) in [4.78, 5) is 16.7. The maximum absolute atomic E-state index is 14.4. The van der Waals surface area contributed by atoms with Gasteiger partial charge in [0, 0.05) is 52.2 Å². The number of aliphatic hydroxyl groups is 2. The second kappa shape index (κ2) is 21.9. The van der Waals surface area contributed by atoms with Crippen LogP contribution in [0.5, 0.6) is 0 Å². The molecule has 1 aliphatic carbocycles. The minimum atomic E-state index is -1.81. The lowest BCUT2D eigenvalue weighted by atomic mass is 9.71. The van der Waals surface area contributed by atoms with Crippen molar-refractivity contribution in [3.63, 3.8) is 0 Å². The number of rotatable bonds is 11. The summed E-state index contributed by atoms with van der Waals surface area (Å²) in [5, 5.41) is 23.8. The molecule has 7 rings (SSSR count). The topological polar surface area (TPSA) is 153 Å². The van der Waals surface area contributed by atoms with Gasteiger partial charge in [-0.15, -0.1) is 0 Å². The first-order valence-corrected chi connectivity index (χ1v) is 25.1. The third-order valence-electron chi connectivity index (χ3n) is 16.0. The van der Waals surface area contributed by atoms with E-state index in [1.165, 1.54) is 0 Å². The van der Waals surface area contributed by atoms with Crippen LogP contribution in [-0.4, -0.2) is 153 Å². The Morgan fingerprint density at radius 2 is 1.65 bits per heavy atom. The second-order valence-corrected chi connectivity index (χ2v) is 20.8. The molecule has 1 spiro atoms. The van der Waals surface area contributed by atoms with Gasteiger partial charge in [-0.05, 0) is 89.1 Å². The number of carbonyl (C=O) groups excluding carboxylic acids is 1. The van der Waals surface area contributed by atoms with Gasteiger partial charge in [-0.3, -0.25) is 9.69 Å². The third-order valence-corrected chi connectivity index (χ3v) is 16.0. The fraction of sp³-hybridized carbons (Fsp3) is 0.827. The molecule has 0 aromatic rings. The van der Waals surface area contributed by atoms with E-state index in [1.54, 1.807) is 33.3 Å². The maximum atomic E-state index is 14.4. The fourth-order valence-corrected chi connectivity index (χ4v) is 12.1. The van der Waals surface area contributed by atoms with E-state index in [9.17, 15) is 15.0 Å². The molecule has 5 unspecified atom stereocenters. The maximum Gasteiger partial charge on any atom is 0.316 e. The van der Waals surface area contributed by atoms with Crippen LogP contribution >= 0.6 is 0 Å². The Kier molecular flexibility index (Phi) is 17.2. The number of aliphatic hydroxyl groups excluding tert-OH is 1. The quantitative estimate of drug-likeness (QED) is 0.162. The normalized spacial score (nSPS) is 47.2. The van der Waals surface area contributed by atoms with Crippen LogP contribution in [0.3, 0.4) is 0 Å². The lowest BCUT2D eigenvalue weighted by Gasteiger charge is -2.51. The minimum Gasteiger partial charge on any atom is -0.462 e. The van der Waals surface area contributed by atoms with E-state index in [4.69, 9.17) is 47.4 Å². The van der Waals surface area contributed by atoms with Crippen molar-refractivity contribution in [3.05, 3.63) is 47.1 Å². The highest BCUT2D eigenvalue weighted by Crippen LogP contribution is 2.48. The highest BCUT2D eigenvalue weighted by molar-refractivity contribution is 5.78. The molecule has 5 fully saturated rings. The molecule has 2 bridgehead atoms. The SMILES string of the molecule is CCCN(C)[C@@H]1[C@H](C)O[C@@H](O[C@H]2[C@H](C)O[C@@H](O[C@@H]3/C(C)=C/CC4CC(CC5(CC[C@H](C)[C@@H](C(C)CC)O5)O4)OC(=O)[C@@H]4C=C(C)[C@@H](O)C5OC/C(=C\C=C\[C@@H]3C)[C@]54O)C[C@@H]2OC)C[C@@H]1OC. The summed E-state index contributed by atoms with van der Waals surface area (Å²) in [6.45, 7) is 19.8. The standard InChI is InChI=1S/C52H83NO13/c1-13-22-53(10)44-34(8)60-42(25-40(44)57-11)64-48-35(9)61-43(26-41(48)58-12)63-46-30(4)16-15-17-36-28-59-49-45(54)33(7)23-39(52(36,49)56)50(55)62-38-24-37(19-18-31(46)5)65-51(27-38)21-20-32(6)47(66-51)29(3)14-2/h15-18,23,29-30,32,34-35,37-49,54,56H,13-14,19-22,24-28H2,1-12H3/b16-15+,31-18+,36-17+/t29?,30-,32-,34-,35-,37?,38?,39-,40-,41-,42-,43-,44+,45+,46-,47+,48-,49?,51?,52+/m0/s1. The van der Waals surface area contributed by atoms with Gasteiger partial charge >= 0.3 is 5.97 Å². The zero-order valence-electron chi connectivity index (χ0n) is 41.9. The van der Waals surface area contributed by atoms with E-state index in [2.05, 4.69) is 66.5 Å². The average Bonchev–Trinajstić information content (AvgIpc) is 3.62. The van der Waals surface area contributed by atoms with Gasteiger partial charge < -0.3 is 57.6 Å². The smallest absolute Gasteiger partial charge is 0.316 e. The van der Waals surface area contributed by atoms with E-state index in [0.717, 1.165) is 31.4 Å². The van der Waals surface area contributed by atoms with Crippen LogP contribution in [0.15, 0.2) is 47.1 Å². The van der Waals surface area contributed by atoms with Crippen molar-refractivity contribution in [2.75, 3.05) is 34.4 Å². The predicted molar refractivity (Wildman–Crippen MR) is 248 cm³/mol. The Labute approximate surface area is 394 Å². The molecule has 14 heteroatoms. The molecule has 0 aromatic heterocycles. The van der Waals surface area contributed by atoms with Gasteiger partial charge in [-0.2, -0.15) is 0 Å². The lowest BCUT2D eigenvalue weighted by molar-refractivity contribution is -0.340. The van der Waals surface area contributed by atoms with Crippen molar-refractivity contribution in [1.82, 2.24) is 4.90 Å². The molecule has 66 heavy (non-hydrogen) atoms. The fourth-order valence-electron chi connectivity index (χ4n) is 12.1. The molecule has 374 valence electrons. The van der Waals surface area contributed by atoms with Crippen LogP contribution in [0, 0.1) is 23.7 Å². The van der Waals surface area contributed by atoms with Crippen LogP contribution in [0.4, 0.5) is 0 Å². The van der Waals surface area contributed by atoms with Crippen molar-refractivity contribution >= 4 is 5.97 Å². The van der Waals surface area contributed by atoms with E-state index >= 15 is 0 Å². The van der Waals surface area contributed by atoms with Crippen molar-refractivity contribution in [2.45, 2.75) is 217 Å². The molecule has 6 aliphatic heterocycles. The monoisotopic (exact) mass is 930 g/mol. The summed E-state index contributed by atoms with van der Waals surface area (Å²) in [6.07, 6.45) is 9.84. The average molecular weight is 930 g/mol. The number of hydrogen-bond donors (Lipinski definition) is 2. The first-order chi connectivity index (χ1) is 31.4. The molecule has 0 aromatic carbocycles. The van der Waals surface area contributed by atoms with Gasteiger partial charge in [0.25, 0.3) is 0 Å². The molecule has 5 saturated heterocycles. The summed E-state index contributed by atoms with van der Waals surface area (Å²) < 4.78 is 65.5. The predicted octanol–water partition coefficient (Wildman–Crippen LogP) is 6.95. The van der Waals surface area contributed by atoms with Crippen LogP contribution in [0.1, 0.15) is 120 Å². The van der Waals surface area contributed by atoms with Crippen molar-refractivity contribution in [2.24, 2.45) is 23.7 Å². The van der Waals surface area contributed by atoms with Gasteiger partial charge in [0.05, 0.1) is 55.4 Å². The van der Waals surface area contributed by atoms with Crippen LogP contribution in [0.25, 0.3) is 0 Å². The highest BCUT2D eigenvalue weighted by atomic mass is 16.7. The van der Waals surface area contributed by atoms with E-state index < -0.39 is 66.4 Å². The zero-order chi connectivity index (χ0) is 47.7. The number of methoxy groups -OCH3 is 2. The third kappa shape index (κ3) is 10.8. The minimum absolute atomic E-state index is 0.000572. The molecular formula is C52H83NO13. The van der Waals surface area contributed by atoms with Crippen molar-refractivity contribution in [1.29, 1.82) is 0 Å². The molecular weight excluding hydrogens is 847 g/mol. The summed E-state index contributed by atoms with van der Waals surface area (Å²) in [5.74, 6) is -2.05. The molecule has 0 amide bonds. The van der Waals surface area contributed by atoms with Gasteiger partial charge in [0.15, 0.2) is 18.4 Å². The molecule has 0 saturated carbocycles. The number of carbonyl (C=O) groups is 1. The summed E-state index contributed by atoms with van der Waals surface area (Å²) in [5.41, 5.74) is 0.239. The Bertz CT molecular complexity index is 1770. The first-order valence-electron chi connectivity index (χ1n) is 25.1. The first kappa shape index (κ1) is 51.8. The van der Waals surface area contributed by atoms with Gasteiger partial charge in [0.1, 0.15) is 35.9 Å². The molecule has 2 N–H and O–H groups in total. The molecule has 0 radical (unpaired) electrons. The number of hydrogen-bond acceptors (Lipinski definition) is 14. The summed E-state index contributed by atoms with van der Waals surface area (Å²) >= 11 is 0. The Morgan fingerprint density at radius 1 is 0.939 bits per heavy atom.